The number of likely N-dealkylation sites (N-methyl/N-ethyl adjacent to an activating group) is 1. The van der Waals surface area contributed by atoms with Crippen molar-refractivity contribution < 1.29 is 22.7 Å². The molecule has 0 aliphatic rings. The Morgan fingerprint density at radius 1 is 1.17 bits per heavy atom. The molecule has 0 saturated heterocycles. The summed E-state index contributed by atoms with van der Waals surface area (Å²) in [6, 6.07) is 7.71. The lowest BCUT2D eigenvalue weighted by atomic mass is 10.1. The molecule has 152 valence electrons. The molecular weight excluding hydrogens is 403 g/mol. The highest BCUT2D eigenvalue weighted by atomic mass is 32.1. The number of carbonyl (C=O) groups is 1. The van der Waals surface area contributed by atoms with Gasteiger partial charge in [-0.25, -0.2) is 18.2 Å². The van der Waals surface area contributed by atoms with Gasteiger partial charge in [-0.05, 0) is 42.9 Å². The van der Waals surface area contributed by atoms with Gasteiger partial charge < -0.3 is 10.1 Å². The van der Waals surface area contributed by atoms with E-state index in [1.54, 1.807) is 18.0 Å². The number of benzene rings is 2. The van der Waals surface area contributed by atoms with Gasteiger partial charge in [-0.2, -0.15) is 0 Å². The van der Waals surface area contributed by atoms with Gasteiger partial charge >= 0.3 is 0 Å². The van der Waals surface area contributed by atoms with Crippen molar-refractivity contribution in [1.29, 1.82) is 0 Å². The minimum Gasteiger partial charge on any atom is -0.494 e. The minimum atomic E-state index is -0.596. The van der Waals surface area contributed by atoms with Crippen molar-refractivity contribution in [3.8, 4) is 17.0 Å². The summed E-state index contributed by atoms with van der Waals surface area (Å²) >= 11 is 1.11. The number of aromatic nitrogens is 1. The first-order chi connectivity index (χ1) is 13.9. The molecule has 0 unspecified atom stereocenters. The predicted molar refractivity (Wildman–Crippen MR) is 105 cm³/mol. The van der Waals surface area contributed by atoms with Crippen molar-refractivity contribution in [3.05, 3.63) is 64.8 Å². The van der Waals surface area contributed by atoms with Crippen LogP contribution in [0.1, 0.15) is 5.56 Å². The molecular formula is C20H18F3N3O2S. The van der Waals surface area contributed by atoms with Crippen LogP contribution in [0.5, 0.6) is 5.75 Å². The van der Waals surface area contributed by atoms with Crippen molar-refractivity contribution in [3.63, 3.8) is 0 Å². The zero-order valence-corrected chi connectivity index (χ0v) is 16.5. The highest BCUT2D eigenvalue weighted by molar-refractivity contribution is 7.14. The Morgan fingerprint density at radius 2 is 1.97 bits per heavy atom. The lowest BCUT2D eigenvalue weighted by Gasteiger charge is -2.16. The molecule has 0 fully saturated rings. The normalized spacial score (nSPS) is 11.0. The molecule has 0 bridgehead atoms. The van der Waals surface area contributed by atoms with Gasteiger partial charge in [0.1, 0.15) is 11.6 Å². The van der Waals surface area contributed by atoms with Crippen molar-refractivity contribution in [2.24, 2.45) is 0 Å². The largest absolute Gasteiger partial charge is 0.494 e. The molecule has 9 heteroatoms. The second-order valence-corrected chi connectivity index (χ2v) is 7.21. The number of amides is 1. The molecule has 5 nitrogen and oxygen atoms in total. The third kappa shape index (κ3) is 5.33. The SMILES string of the molecule is COc1ccc(CN(C)CC(=O)Nc2nc(-c3cc(F)ccc3F)cs2)cc1F. The van der Waals surface area contributed by atoms with E-state index < -0.39 is 17.5 Å². The number of nitrogens with one attached hydrogen (secondary N) is 1. The zero-order chi connectivity index (χ0) is 21.0. The molecule has 29 heavy (non-hydrogen) atoms. The van der Waals surface area contributed by atoms with Crippen LogP contribution >= 0.6 is 11.3 Å². The van der Waals surface area contributed by atoms with Crippen LogP contribution in [0.15, 0.2) is 41.8 Å². The van der Waals surface area contributed by atoms with Gasteiger partial charge in [-0.15, -0.1) is 11.3 Å². The Hall–Kier alpha value is -2.91. The van der Waals surface area contributed by atoms with Crippen LogP contribution < -0.4 is 10.1 Å². The second-order valence-electron chi connectivity index (χ2n) is 6.35. The van der Waals surface area contributed by atoms with Crippen molar-refractivity contribution in [2.45, 2.75) is 6.54 Å². The number of carbonyl (C=O) groups excluding carboxylic acids is 1. The topological polar surface area (TPSA) is 54.5 Å². The minimum absolute atomic E-state index is 0.0281. The smallest absolute Gasteiger partial charge is 0.240 e. The number of thiazole rings is 1. The van der Waals surface area contributed by atoms with Crippen molar-refractivity contribution in [1.82, 2.24) is 9.88 Å². The number of hydrogen-bond donors (Lipinski definition) is 1. The molecule has 1 aromatic heterocycles. The zero-order valence-electron chi connectivity index (χ0n) is 15.7. The monoisotopic (exact) mass is 421 g/mol. The van der Waals surface area contributed by atoms with E-state index in [4.69, 9.17) is 4.74 Å². The maximum absolute atomic E-state index is 13.9. The molecule has 1 N–H and O–H groups in total. The Balaban J connectivity index is 1.59. The van der Waals surface area contributed by atoms with Crippen molar-refractivity contribution >= 4 is 22.4 Å². The van der Waals surface area contributed by atoms with E-state index in [-0.39, 0.29) is 34.6 Å². The molecule has 0 radical (unpaired) electrons. The molecule has 1 amide bonds. The number of anilines is 1. The van der Waals surface area contributed by atoms with Crippen LogP contribution in [0.25, 0.3) is 11.3 Å². The average molecular weight is 421 g/mol. The van der Waals surface area contributed by atoms with Crippen LogP contribution in [0, 0.1) is 17.5 Å². The summed E-state index contributed by atoms with van der Waals surface area (Å²) in [6.07, 6.45) is 0. The van der Waals surface area contributed by atoms with Gasteiger partial charge in [0.25, 0.3) is 0 Å². The summed E-state index contributed by atoms with van der Waals surface area (Å²) in [4.78, 5) is 18.1. The van der Waals surface area contributed by atoms with Crippen LogP contribution in [-0.4, -0.2) is 36.5 Å². The first kappa shape index (κ1) is 20.8. The molecule has 2 aromatic carbocycles. The Kier molecular flexibility index (Phi) is 6.50. The number of rotatable bonds is 7. The number of nitrogens with zero attached hydrogens (tertiary/aromatic N) is 2. The standard InChI is InChI=1S/C20H18F3N3O2S/c1-26(9-12-3-6-18(28-2)16(23)7-12)10-19(27)25-20-24-17(11-29-20)14-8-13(21)4-5-15(14)22/h3-8,11H,9-10H2,1-2H3,(H,24,25,27). The quantitative estimate of drug-likeness (QED) is 0.618. The molecule has 1 heterocycles. The van der Waals surface area contributed by atoms with E-state index >= 15 is 0 Å². The molecule has 3 rings (SSSR count). The van der Waals surface area contributed by atoms with E-state index in [9.17, 15) is 18.0 Å². The van der Waals surface area contributed by atoms with Crippen LogP contribution in [-0.2, 0) is 11.3 Å². The van der Waals surface area contributed by atoms with Gasteiger partial charge in [0.2, 0.25) is 5.91 Å². The predicted octanol–water partition coefficient (Wildman–Crippen LogP) is 4.31. The highest BCUT2D eigenvalue weighted by Crippen LogP contribution is 2.27. The molecule has 0 spiro atoms. The van der Waals surface area contributed by atoms with Gasteiger partial charge in [-0.1, -0.05) is 6.07 Å². The molecule has 0 atom stereocenters. The van der Waals surface area contributed by atoms with E-state index in [0.717, 1.165) is 29.5 Å². The average Bonchev–Trinajstić information content (AvgIpc) is 3.11. The first-order valence-electron chi connectivity index (χ1n) is 8.57. The number of halogens is 3. The van der Waals surface area contributed by atoms with Crippen LogP contribution in [0.4, 0.5) is 18.3 Å². The number of methoxy groups -OCH3 is 1. The van der Waals surface area contributed by atoms with Gasteiger partial charge in [0.15, 0.2) is 16.7 Å². The lowest BCUT2D eigenvalue weighted by Crippen LogP contribution is -2.29. The Bertz CT molecular complexity index is 1030. The molecule has 0 saturated carbocycles. The fraction of sp³-hybridized carbons (Fsp3) is 0.200. The number of hydrogen-bond acceptors (Lipinski definition) is 5. The molecule has 0 aliphatic carbocycles. The summed E-state index contributed by atoms with van der Waals surface area (Å²) in [6.45, 7) is 0.392. The third-order valence-electron chi connectivity index (χ3n) is 4.04. The fourth-order valence-electron chi connectivity index (χ4n) is 2.73. The maximum atomic E-state index is 13.9. The van der Waals surface area contributed by atoms with E-state index in [1.165, 1.54) is 24.6 Å². The van der Waals surface area contributed by atoms with Crippen LogP contribution in [0.3, 0.4) is 0 Å². The summed E-state index contributed by atoms with van der Waals surface area (Å²) in [5.74, 6) is -1.81. The summed E-state index contributed by atoms with van der Waals surface area (Å²) in [5, 5.41) is 4.44. The number of ether oxygens (including phenoxy) is 1. The highest BCUT2D eigenvalue weighted by Gasteiger charge is 2.14. The van der Waals surface area contributed by atoms with Gasteiger partial charge in [0, 0.05) is 17.5 Å². The summed E-state index contributed by atoms with van der Waals surface area (Å²) in [5.41, 5.74) is 0.960. The van der Waals surface area contributed by atoms with E-state index in [0.29, 0.717) is 12.1 Å². The van der Waals surface area contributed by atoms with Gasteiger partial charge in [-0.3, -0.25) is 9.69 Å². The third-order valence-corrected chi connectivity index (χ3v) is 4.79. The Labute approximate surface area is 169 Å². The van der Waals surface area contributed by atoms with Gasteiger partial charge in [0.05, 0.1) is 19.3 Å². The summed E-state index contributed by atoms with van der Waals surface area (Å²) in [7, 11) is 3.11. The van der Waals surface area contributed by atoms with Crippen molar-refractivity contribution in [2.75, 3.05) is 26.0 Å². The first-order valence-corrected chi connectivity index (χ1v) is 9.45. The Morgan fingerprint density at radius 3 is 2.69 bits per heavy atom. The molecule has 0 aliphatic heterocycles. The fourth-order valence-corrected chi connectivity index (χ4v) is 3.46. The second kappa shape index (κ2) is 9.06. The van der Waals surface area contributed by atoms with E-state index in [2.05, 4.69) is 10.3 Å². The van der Waals surface area contributed by atoms with E-state index in [1.807, 2.05) is 0 Å². The van der Waals surface area contributed by atoms with Crippen LogP contribution in [0.2, 0.25) is 0 Å². The summed E-state index contributed by atoms with van der Waals surface area (Å²) < 4.78 is 45.8. The molecule has 3 aromatic rings. The lowest BCUT2D eigenvalue weighted by molar-refractivity contribution is -0.117. The maximum Gasteiger partial charge on any atom is 0.240 e.